The van der Waals surface area contributed by atoms with Crippen LogP contribution in [0.2, 0.25) is 0 Å². The zero-order valence-corrected chi connectivity index (χ0v) is 22.4. The highest BCUT2D eigenvalue weighted by molar-refractivity contribution is 6.02. The van der Waals surface area contributed by atoms with E-state index in [1.165, 1.54) is 14.2 Å². The number of carbonyl (C=O) groups excluding carboxylic acids is 2. The molecule has 0 aliphatic carbocycles. The van der Waals surface area contributed by atoms with E-state index in [0.29, 0.717) is 41.5 Å². The lowest BCUT2D eigenvalue weighted by atomic mass is 10.1. The molecule has 0 saturated heterocycles. The molecule has 4 aromatic rings. The number of anilines is 5. The number of fused-ring (bicyclic) bond motifs is 2. The summed E-state index contributed by atoms with van der Waals surface area (Å²) in [6.07, 6.45) is 2.34. The Balaban J connectivity index is 0.00000387. The lowest BCUT2D eigenvalue weighted by molar-refractivity contribution is -0.119. The Morgan fingerprint density at radius 3 is 2.61 bits per heavy atom. The van der Waals surface area contributed by atoms with Crippen molar-refractivity contribution < 1.29 is 23.1 Å². The van der Waals surface area contributed by atoms with Gasteiger partial charge >= 0.3 is 0 Å². The molecule has 3 heterocycles. The lowest BCUT2D eigenvalue weighted by Crippen LogP contribution is -2.36. The monoisotopic (exact) mass is 566 g/mol. The third-order valence-corrected chi connectivity index (χ3v) is 6.47. The van der Waals surface area contributed by atoms with Gasteiger partial charge in [-0.05, 0) is 50.3 Å². The zero-order chi connectivity index (χ0) is 28.6. The Bertz CT molecular complexity index is 1620. The fourth-order valence-corrected chi connectivity index (χ4v) is 4.66. The molecule has 2 aromatic heterocycles. The van der Waals surface area contributed by atoms with Crippen LogP contribution >= 0.6 is 0 Å². The van der Waals surface area contributed by atoms with Crippen LogP contribution in [0.3, 0.4) is 0 Å². The number of hydrogen-bond donors (Lipinski definition) is 4. The van der Waals surface area contributed by atoms with E-state index < -0.39 is 17.5 Å². The number of aromatic amines is 1. The van der Waals surface area contributed by atoms with Gasteiger partial charge in [-0.15, -0.1) is 0 Å². The number of methoxy groups -OCH3 is 1. The standard InChI is InChI=1S/C27H28F2N8O3.CH4/c1-30-26(39)23-17(29)10-15(28)11-19(23)32-25-16-5-7-31-24(16)34-27(35-25)33-18-12-20-14(9-21(18)40-4)6-8-37(20)22(38)13-36(2)3;/h5,7,9-12H,6,8,13H2,1-4H3,(H,30,39)(H3,31,32,33,34,35);1H4. The van der Waals surface area contributed by atoms with Crippen LogP contribution in [0.15, 0.2) is 36.5 Å². The summed E-state index contributed by atoms with van der Waals surface area (Å²) in [5.41, 5.74) is 2.23. The first kappa shape index (κ1) is 29.2. The molecule has 0 atom stereocenters. The molecule has 4 N–H and O–H groups in total. The minimum Gasteiger partial charge on any atom is -0.495 e. The van der Waals surface area contributed by atoms with Crippen LogP contribution < -0.4 is 25.6 Å². The Morgan fingerprint density at radius 2 is 1.90 bits per heavy atom. The molecule has 13 heteroatoms. The van der Waals surface area contributed by atoms with E-state index in [-0.39, 0.29) is 42.9 Å². The number of benzene rings is 2. The number of carbonyl (C=O) groups is 2. The summed E-state index contributed by atoms with van der Waals surface area (Å²) in [4.78, 5) is 40.8. The van der Waals surface area contributed by atoms with Crippen LogP contribution in [-0.4, -0.2) is 73.0 Å². The largest absolute Gasteiger partial charge is 0.495 e. The van der Waals surface area contributed by atoms with Crippen LogP contribution in [0.5, 0.6) is 5.75 Å². The third kappa shape index (κ3) is 5.75. The van der Waals surface area contributed by atoms with E-state index in [1.807, 2.05) is 31.1 Å². The van der Waals surface area contributed by atoms with E-state index in [1.54, 1.807) is 17.2 Å². The van der Waals surface area contributed by atoms with Gasteiger partial charge in [0.15, 0.2) is 0 Å². The lowest BCUT2D eigenvalue weighted by Gasteiger charge is -2.21. The number of hydrogen-bond acceptors (Lipinski definition) is 8. The second-order valence-electron chi connectivity index (χ2n) is 9.49. The topological polar surface area (TPSA) is 128 Å². The summed E-state index contributed by atoms with van der Waals surface area (Å²) in [6.45, 7) is 0.833. The molecule has 0 bridgehead atoms. The van der Waals surface area contributed by atoms with Crippen molar-refractivity contribution in [2.24, 2.45) is 0 Å². The molecule has 41 heavy (non-hydrogen) atoms. The molecular weight excluding hydrogens is 534 g/mol. The zero-order valence-electron chi connectivity index (χ0n) is 22.4. The average molecular weight is 567 g/mol. The minimum absolute atomic E-state index is 0. The van der Waals surface area contributed by atoms with Gasteiger partial charge < -0.3 is 35.5 Å². The highest BCUT2D eigenvalue weighted by Crippen LogP contribution is 2.39. The van der Waals surface area contributed by atoms with Gasteiger partial charge in [-0.25, -0.2) is 8.78 Å². The average Bonchev–Trinajstić information content (AvgIpc) is 3.54. The van der Waals surface area contributed by atoms with Gasteiger partial charge in [-0.3, -0.25) is 9.59 Å². The number of nitrogens with zero attached hydrogens (tertiary/aromatic N) is 4. The van der Waals surface area contributed by atoms with Gasteiger partial charge in [-0.1, -0.05) is 7.43 Å². The van der Waals surface area contributed by atoms with E-state index in [2.05, 4.69) is 30.9 Å². The number of H-pyrrole nitrogens is 1. The van der Waals surface area contributed by atoms with Gasteiger partial charge in [-0.2, -0.15) is 9.97 Å². The number of ether oxygens (including phenoxy) is 1. The van der Waals surface area contributed by atoms with Crippen molar-refractivity contribution in [1.82, 2.24) is 25.2 Å². The smallest absolute Gasteiger partial charge is 0.256 e. The van der Waals surface area contributed by atoms with Gasteiger partial charge in [0, 0.05) is 31.5 Å². The van der Waals surface area contributed by atoms with E-state index in [4.69, 9.17) is 4.74 Å². The van der Waals surface area contributed by atoms with E-state index >= 15 is 0 Å². The van der Waals surface area contributed by atoms with Crippen molar-refractivity contribution in [2.75, 3.05) is 56.9 Å². The highest BCUT2D eigenvalue weighted by Gasteiger charge is 2.27. The summed E-state index contributed by atoms with van der Waals surface area (Å²) in [6, 6.07) is 7.04. The van der Waals surface area contributed by atoms with Crippen molar-refractivity contribution in [3.8, 4) is 5.75 Å². The van der Waals surface area contributed by atoms with Gasteiger partial charge in [0.05, 0.1) is 36.0 Å². The molecule has 11 nitrogen and oxygen atoms in total. The fourth-order valence-electron chi connectivity index (χ4n) is 4.66. The first-order valence-electron chi connectivity index (χ1n) is 12.4. The van der Waals surface area contributed by atoms with Gasteiger partial charge in [0.25, 0.3) is 5.91 Å². The fraction of sp³-hybridized carbons (Fsp3) is 0.286. The maximum atomic E-state index is 14.6. The first-order valence-corrected chi connectivity index (χ1v) is 12.4. The summed E-state index contributed by atoms with van der Waals surface area (Å²) >= 11 is 0. The van der Waals surface area contributed by atoms with Crippen LogP contribution in [-0.2, 0) is 11.2 Å². The molecule has 0 spiro atoms. The van der Waals surface area contributed by atoms with Crippen LogP contribution in [0, 0.1) is 11.6 Å². The van der Waals surface area contributed by atoms with Gasteiger partial charge in [0.1, 0.15) is 28.8 Å². The Kier molecular flexibility index (Phi) is 8.38. The van der Waals surface area contributed by atoms with Crippen LogP contribution in [0.25, 0.3) is 11.0 Å². The summed E-state index contributed by atoms with van der Waals surface area (Å²) < 4.78 is 34.3. The maximum Gasteiger partial charge on any atom is 0.256 e. The first-order chi connectivity index (χ1) is 19.2. The number of likely N-dealkylation sites (N-methyl/N-ethyl adjacent to an activating group) is 1. The molecule has 2 aromatic carbocycles. The summed E-state index contributed by atoms with van der Waals surface area (Å²) in [5, 5.41) is 8.93. The summed E-state index contributed by atoms with van der Waals surface area (Å²) in [7, 11) is 6.57. The predicted molar refractivity (Wildman–Crippen MR) is 155 cm³/mol. The van der Waals surface area contributed by atoms with Gasteiger partial charge in [0.2, 0.25) is 11.9 Å². The number of amides is 2. The minimum atomic E-state index is -1.02. The van der Waals surface area contributed by atoms with E-state index in [0.717, 1.165) is 17.3 Å². The van der Waals surface area contributed by atoms with E-state index in [9.17, 15) is 18.4 Å². The SMILES string of the molecule is C.CNC(=O)c1c(F)cc(F)cc1Nc1nc(Nc2cc3c(cc2OC)CCN3C(=O)CN(C)C)nc2[nH]ccc12. The number of nitrogens with one attached hydrogen (secondary N) is 4. The second kappa shape index (κ2) is 11.8. The third-order valence-electron chi connectivity index (χ3n) is 6.47. The van der Waals surface area contributed by atoms with Crippen molar-refractivity contribution in [3.63, 3.8) is 0 Å². The molecule has 1 aliphatic heterocycles. The van der Waals surface area contributed by atoms with Crippen molar-refractivity contribution in [2.45, 2.75) is 13.8 Å². The number of aromatic nitrogens is 3. The number of rotatable bonds is 8. The summed E-state index contributed by atoms with van der Waals surface area (Å²) in [5.74, 6) is -1.76. The molecule has 0 fully saturated rings. The Morgan fingerprint density at radius 1 is 1.12 bits per heavy atom. The number of halogens is 2. The highest BCUT2D eigenvalue weighted by atomic mass is 19.1. The molecule has 1 aliphatic rings. The Labute approximate surface area is 235 Å². The molecule has 2 amide bonds. The van der Waals surface area contributed by atoms with Crippen LogP contribution in [0.4, 0.5) is 37.6 Å². The molecule has 216 valence electrons. The van der Waals surface area contributed by atoms with Crippen molar-refractivity contribution in [3.05, 3.63) is 59.3 Å². The van der Waals surface area contributed by atoms with Crippen molar-refractivity contribution >= 4 is 51.7 Å². The molecule has 5 rings (SSSR count). The molecule has 0 radical (unpaired) electrons. The molecule has 0 saturated carbocycles. The Hall–Kier alpha value is -4.78. The van der Waals surface area contributed by atoms with Crippen molar-refractivity contribution in [1.29, 1.82) is 0 Å². The predicted octanol–water partition coefficient (Wildman–Crippen LogP) is 4.18. The van der Waals surface area contributed by atoms with Crippen LogP contribution in [0.1, 0.15) is 23.3 Å². The molecule has 0 unspecified atom stereocenters. The molecular formula is C28H32F2N8O3. The maximum absolute atomic E-state index is 14.6. The quantitative estimate of drug-likeness (QED) is 0.250. The second-order valence-corrected chi connectivity index (χ2v) is 9.49. The normalized spacial score (nSPS) is 12.2.